The van der Waals surface area contributed by atoms with Crippen LogP contribution in [0.3, 0.4) is 0 Å². The number of nitrogens with one attached hydrogen (secondary N) is 1. The van der Waals surface area contributed by atoms with Crippen molar-refractivity contribution in [2.45, 2.75) is 31.8 Å². The molecule has 2 N–H and O–H groups in total. The number of nitrogens with zero attached hydrogens (tertiary/aromatic N) is 2. The molecule has 6 heteroatoms. The molecule has 4 unspecified atom stereocenters. The maximum Gasteiger partial charge on any atom is 0.283 e. The summed E-state index contributed by atoms with van der Waals surface area (Å²) >= 11 is 3.37. The maximum absolute atomic E-state index is 12.1. The Morgan fingerprint density at radius 2 is 2.10 bits per heavy atom. The Kier molecular flexibility index (Phi) is 2.93. The number of anilines is 1. The third-order valence-corrected chi connectivity index (χ3v) is 6.12. The van der Waals surface area contributed by atoms with Gasteiger partial charge in [0.25, 0.3) is 5.56 Å². The van der Waals surface area contributed by atoms with Crippen molar-refractivity contribution in [2.75, 3.05) is 11.9 Å². The zero-order valence-corrected chi connectivity index (χ0v) is 12.7. The number of aromatic nitrogens is 2. The molecule has 0 saturated heterocycles. The number of fused-ring (bicyclic) bond motifs is 5. The molecule has 0 aromatic carbocycles. The van der Waals surface area contributed by atoms with E-state index in [2.05, 4.69) is 26.3 Å². The highest BCUT2D eigenvalue weighted by atomic mass is 79.9. The van der Waals surface area contributed by atoms with Crippen molar-refractivity contribution < 1.29 is 5.11 Å². The van der Waals surface area contributed by atoms with Crippen molar-refractivity contribution in [2.24, 2.45) is 23.7 Å². The summed E-state index contributed by atoms with van der Waals surface area (Å²) in [6.45, 7) is 0.152. The van der Waals surface area contributed by atoms with Crippen LogP contribution in [0.5, 0.6) is 0 Å². The SMILES string of the molecule is O=c1c(Br)c(NC2C3C4CCC(C4)C23)cnn1CCO. The van der Waals surface area contributed by atoms with E-state index in [9.17, 15) is 4.79 Å². The van der Waals surface area contributed by atoms with Crippen molar-refractivity contribution in [3.05, 3.63) is 21.0 Å². The van der Waals surface area contributed by atoms with E-state index < -0.39 is 0 Å². The van der Waals surface area contributed by atoms with Crippen molar-refractivity contribution in [3.63, 3.8) is 0 Å². The highest BCUT2D eigenvalue weighted by molar-refractivity contribution is 9.10. The molecular formula is C14H18BrN3O2. The Morgan fingerprint density at radius 3 is 2.75 bits per heavy atom. The first-order chi connectivity index (χ1) is 9.70. The van der Waals surface area contributed by atoms with Gasteiger partial charge in [-0.25, -0.2) is 4.68 Å². The fourth-order valence-corrected chi connectivity index (χ4v) is 4.94. The highest BCUT2D eigenvalue weighted by Gasteiger charge is 2.65. The van der Waals surface area contributed by atoms with Crippen molar-refractivity contribution >= 4 is 21.6 Å². The average Bonchev–Trinajstić information content (AvgIpc) is 2.83. The molecule has 0 spiro atoms. The van der Waals surface area contributed by atoms with Gasteiger partial charge >= 0.3 is 0 Å². The van der Waals surface area contributed by atoms with Crippen LogP contribution in [0.2, 0.25) is 0 Å². The molecule has 3 aliphatic carbocycles. The van der Waals surface area contributed by atoms with Crippen LogP contribution in [0.1, 0.15) is 19.3 Å². The molecule has 3 saturated carbocycles. The minimum absolute atomic E-state index is 0.0811. The summed E-state index contributed by atoms with van der Waals surface area (Å²) in [6, 6.07) is 0.535. The van der Waals surface area contributed by atoms with Gasteiger partial charge in [0.1, 0.15) is 4.47 Å². The van der Waals surface area contributed by atoms with Crippen LogP contribution in [-0.2, 0) is 6.54 Å². The molecule has 5 nitrogen and oxygen atoms in total. The molecule has 4 atom stereocenters. The van der Waals surface area contributed by atoms with Crippen LogP contribution in [-0.4, -0.2) is 27.5 Å². The van der Waals surface area contributed by atoms with Gasteiger partial charge < -0.3 is 10.4 Å². The summed E-state index contributed by atoms with van der Waals surface area (Å²) in [7, 11) is 0. The van der Waals surface area contributed by atoms with Crippen LogP contribution in [0.4, 0.5) is 5.69 Å². The second kappa shape index (κ2) is 4.56. The van der Waals surface area contributed by atoms with Crippen LogP contribution < -0.4 is 10.9 Å². The molecule has 4 rings (SSSR count). The van der Waals surface area contributed by atoms with E-state index in [0.717, 1.165) is 29.4 Å². The van der Waals surface area contributed by atoms with E-state index >= 15 is 0 Å². The van der Waals surface area contributed by atoms with Crippen molar-refractivity contribution in [1.29, 1.82) is 0 Å². The van der Waals surface area contributed by atoms with E-state index in [4.69, 9.17) is 5.11 Å². The van der Waals surface area contributed by atoms with Gasteiger partial charge in [-0.1, -0.05) is 0 Å². The number of aliphatic hydroxyl groups excluding tert-OH is 1. The zero-order chi connectivity index (χ0) is 13.9. The fourth-order valence-electron chi connectivity index (χ4n) is 4.52. The third-order valence-electron chi connectivity index (χ3n) is 5.35. The summed E-state index contributed by atoms with van der Waals surface area (Å²) in [5.74, 6) is 3.45. The van der Waals surface area contributed by atoms with Crippen LogP contribution >= 0.6 is 15.9 Å². The normalized spacial score (nSPS) is 37.0. The second-order valence-electron chi connectivity index (χ2n) is 6.28. The smallest absolute Gasteiger partial charge is 0.283 e. The first-order valence-corrected chi connectivity index (χ1v) is 8.13. The van der Waals surface area contributed by atoms with Gasteiger partial charge in [-0.05, 0) is 58.9 Å². The lowest BCUT2D eigenvalue weighted by Crippen LogP contribution is -2.26. The number of rotatable bonds is 4. The predicted molar refractivity (Wildman–Crippen MR) is 78.5 cm³/mol. The molecule has 0 amide bonds. The lowest BCUT2D eigenvalue weighted by atomic mass is 10.0. The van der Waals surface area contributed by atoms with Gasteiger partial charge in [0, 0.05) is 6.04 Å². The Labute approximate surface area is 125 Å². The van der Waals surface area contributed by atoms with E-state index in [1.807, 2.05) is 0 Å². The van der Waals surface area contributed by atoms with Crippen LogP contribution in [0.15, 0.2) is 15.5 Å². The average molecular weight is 340 g/mol. The number of hydrogen-bond donors (Lipinski definition) is 2. The summed E-state index contributed by atoms with van der Waals surface area (Å²) < 4.78 is 1.81. The molecule has 3 fully saturated rings. The monoisotopic (exact) mass is 339 g/mol. The van der Waals surface area contributed by atoms with E-state index in [-0.39, 0.29) is 18.7 Å². The molecule has 1 aromatic heterocycles. The molecule has 20 heavy (non-hydrogen) atoms. The summed E-state index contributed by atoms with van der Waals surface area (Å²) in [4.78, 5) is 12.1. The quantitative estimate of drug-likeness (QED) is 0.871. The summed E-state index contributed by atoms with van der Waals surface area (Å²) in [5.41, 5.74) is 0.612. The summed E-state index contributed by atoms with van der Waals surface area (Å²) in [6.07, 6.45) is 5.89. The van der Waals surface area contributed by atoms with Gasteiger partial charge in [0.2, 0.25) is 0 Å². The van der Waals surface area contributed by atoms with Gasteiger partial charge in [-0.3, -0.25) is 4.79 Å². The highest BCUT2D eigenvalue weighted by Crippen LogP contribution is 2.66. The largest absolute Gasteiger partial charge is 0.394 e. The van der Waals surface area contributed by atoms with Crippen molar-refractivity contribution in [1.82, 2.24) is 9.78 Å². The lowest BCUT2D eigenvalue weighted by molar-refractivity contribution is 0.266. The van der Waals surface area contributed by atoms with Crippen LogP contribution in [0.25, 0.3) is 0 Å². The number of halogens is 1. The minimum Gasteiger partial charge on any atom is -0.394 e. The molecule has 1 aromatic rings. The zero-order valence-electron chi connectivity index (χ0n) is 11.1. The molecule has 3 aliphatic rings. The van der Waals surface area contributed by atoms with Crippen molar-refractivity contribution in [3.8, 4) is 0 Å². The lowest BCUT2D eigenvalue weighted by Gasteiger charge is -2.13. The molecule has 0 aliphatic heterocycles. The van der Waals surface area contributed by atoms with Gasteiger partial charge in [0.05, 0.1) is 25.0 Å². The Bertz CT molecular complexity index is 587. The van der Waals surface area contributed by atoms with E-state index in [1.54, 1.807) is 6.20 Å². The Morgan fingerprint density at radius 1 is 1.40 bits per heavy atom. The van der Waals surface area contributed by atoms with Gasteiger partial charge in [0.15, 0.2) is 0 Å². The molecule has 108 valence electrons. The third kappa shape index (κ3) is 1.77. The standard InChI is InChI=1S/C14H18BrN3O2/c15-12-9(6-16-18(3-4-19)14(12)20)17-13-10-7-1-2-8(5-7)11(10)13/h6-8,10-11,13,17,19H,1-5H2. The topological polar surface area (TPSA) is 67.2 Å². The molecule has 2 bridgehead atoms. The molecular weight excluding hydrogens is 322 g/mol. The first-order valence-electron chi connectivity index (χ1n) is 7.33. The molecule has 0 radical (unpaired) electrons. The Hall–Kier alpha value is -0.880. The number of hydrogen-bond acceptors (Lipinski definition) is 4. The number of aliphatic hydroxyl groups is 1. The first kappa shape index (κ1) is 12.8. The van der Waals surface area contributed by atoms with E-state index in [1.165, 1.54) is 23.9 Å². The summed E-state index contributed by atoms with van der Waals surface area (Å²) in [5, 5.41) is 16.5. The van der Waals surface area contributed by atoms with E-state index in [0.29, 0.717) is 10.5 Å². The van der Waals surface area contributed by atoms with Crippen LogP contribution in [0, 0.1) is 23.7 Å². The molecule has 1 heterocycles. The minimum atomic E-state index is -0.183. The fraction of sp³-hybridized carbons (Fsp3) is 0.714. The predicted octanol–water partition coefficient (Wildman–Crippen LogP) is 1.45. The Balaban J connectivity index is 1.53. The second-order valence-corrected chi connectivity index (χ2v) is 7.08. The van der Waals surface area contributed by atoms with Gasteiger partial charge in [-0.2, -0.15) is 5.10 Å². The maximum atomic E-state index is 12.1. The van der Waals surface area contributed by atoms with Gasteiger partial charge in [-0.15, -0.1) is 0 Å².